The van der Waals surface area contributed by atoms with Gasteiger partial charge in [-0.1, -0.05) is 11.6 Å². The lowest BCUT2D eigenvalue weighted by Crippen LogP contribution is -2.49. The molecule has 0 unspecified atom stereocenters. The number of rotatable bonds is 7. The Morgan fingerprint density at radius 2 is 2.18 bits per heavy atom. The average Bonchev–Trinajstić information content (AvgIpc) is 3.05. The number of guanidine groups is 1. The van der Waals surface area contributed by atoms with Crippen LogP contribution in [0.15, 0.2) is 29.4 Å². The molecule has 1 saturated heterocycles. The van der Waals surface area contributed by atoms with E-state index >= 15 is 0 Å². The zero-order valence-corrected chi connectivity index (χ0v) is 17.1. The van der Waals surface area contributed by atoms with Gasteiger partial charge >= 0.3 is 0 Å². The van der Waals surface area contributed by atoms with Crippen LogP contribution in [-0.4, -0.2) is 60.5 Å². The number of carbonyl (C=O) groups is 1. The van der Waals surface area contributed by atoms with Gasteiger partial charge in [0, 0.05) is 54.3 Å². The Morgan fingerprint density at radius 3 is 2.89 bits per heavy atom. The number of aromatic nitrogens is 1. The number of piperidine rings is 1. The molecule has 7 nitrogen and oxygen atoms in total. The predicted molar refractivity (Wildman–Crippen MR) is 115 cm³/mol. The lowest BCUT2D eigenvalue weighted by Gasteiger charge is -2.32. The van der Waals surface area contributed by atoms with E-state index in [2.05, 4.69) is 27.4 Å². The van der Waals surface area contributed by atoms with Gasteiger partial charge in [-0.2, -0.15) is 0 Å². The number of amides is 1. The summed E-state index contributed by atoms with van der Waals surface area (Å²) in [5, 5.41) is 8.75. The first-order valence-electron chi connectivity index (χ1n) is 9.86. The number of primary amides is 1. The van der Waals surface area contributed by atoms with Crippen molar-refractivity contribution in [2.24, 2.45) is 10.7 Å². The summed E-state index contributed by atoms with van der Waals surface area (Å²) in [5.74, 6) is 0.577. The number of nitrogens with one attached hydrogen (secondary N) is 3. The summed E-state index contributed by atoms with van der Waals surface area (Å²) in [6.07, 6.45) is 4.82. The van der Waals surface area contributed by atoms with Gasteiger partial charge < -0.3 is 21.4 Å². The molecule has 0 atom stereocenters. The number of aromatic amines is 1. The van der Waals surface area contributed by atoms with Crippen molar-refractivity contribution >= 4 is 34.4 Å². The van der Waals surface area contributed by atoms with Crippen LogP contribution in [0.4, 0.5) is 0 Å². The maximum Gasteiger partial charge on any atom is 0.231 e. The van der Waals surface area contributed by atoms with Crippen LogP contribution >= 0.6 is 11.6 Å². The fraction of sp³-hybridized carbons (Fsp3) is 0.500. The highest BCUT2D eigenvalue weighted by Gasteiger charge is 2.20. The van der Waals surface area contributed by atoms with Gasteiger partial charge in [-0.25, -0.2) is 0 Å². The fourth-order valence-corrected chi connectivity index (χ4v) is 3.79. The third-order valence-electron chi connectivity index (χ3n) is 5.03. The number of aliphatic imine (C=N–C) groups is 1. The van der Waals surface area contributed by atoms with Gasteiger partial charge in [0.05, 0.1) is 6.54 Å². The molecule has 0 saturated carbocycles. The SMILES string of the molecule is CCNC(=NCCc1c[nH]c2ccc(Cl)cc12)NC1CCN(CC(N)=O)CC1. The van der Waals surface area contributed by atoms with Gasteiger partial charge in [0.25, 0.3) is 0 Å². The molecule has 1 aliphatic heterocycles. The van der Waals surface area contributed by atoms with Gasteiger partial charge in [-0.3, -0.25) is 14.7 Å². The molecule has 1 aliphatic rings. The van der Waals surface area contributed by atoms with E-state index in [9.17, 15) is 4.79 Å². The minimum Gasteiger partial charge on any atom is -0.369 e. The van der Waals surface area contributed by atoms with Crippen LogP contribution in [0.5, 0.6) is 0 Å². The number of H-pyrrole nitrogens is 1. The van der Waals surface area contributed by atoms with Crippen molar-refractivity contribution in [3.05, 3.63) is 35.0 Å². The Hall–Kier alpha value is -2.25. The number of hydrogen-bond donors (Lipinski definition) is 4. The van der Waals surface area contributed by atoms with Crippen LogP contribution in [0.1, 0.15) is 25.3 Å². The predicted octanol–water partition coefficient (Wildman–Crippen LogP) is 1.87. The minimum atomic E-state index is -0.264. The van der Waals surface area contributed by atoms with Crippen LogP contribution < -0.4 is 16.4 Å². The van der Waals surface area contributed by atoms with Crippen molar-refractivity contribution in [3.63, 3.8) is 0 Å². The number of likely N-dealkylation sites (tertiary alicyclic amines) is 1. The van der Waals surface area contributed by atoms with Crippen molar-refractivity contribution in [2.45, 2.75) is 32.2 Å². The number of nitrogens with two attached hydrogens (primary N) is 1. The molecule has 0 radical (unpaired) electrons. The zero-order chi connectivity index (χ0) is 19.9. The second kappa shape index (κ2) is 9.80. The van der Waals surface area contributed by atoms with Gasteiger partial charge in [-0.15, -0.1) is 0 Å². The lowest BCUT2D eigenvalue weighted by atomic mass is 10.1. The molecule has 0 bridgehead atoms. The highest BCUT2D eigenvalue weighted by Crippen LogP contribution is 2.22. The number of nitrogens with zero attached hydrogens (tertiary/aromatic N) is 2. The van der Waals surface area contributed by atoms with Crippen LogP contribution in [-0.2, 0) is 11.2 Å². The monoisotopic (exact) mass is 404 g/mol. The van der Waals surface area contributed by atoms with Crippen molar-refractivity contribution in [1.29, 1.82) is 0 Å². The summed E-state index contributed by atoms with van der Waals surface area (Å²) in [6, 6.07) is 6.24. The summed E-state index contributed by atoms with van der Waals surface area (Å²) in [6.45, 7) is 5.65. The number of benzene rings is 1. The normalized spacial score (nSPS) is 16.4. The van der Waals surface area contributed by atoms with E-state index in [-0.39, 0.29) is 5.91 Å². The van der Waals surface area contributed by atoms with Crippen molar-refractivity contribution < 1.29 is 4.79 Å². The molecule has 152 valence electrons. The Bertz CT molecular complexity index is 825. The summed E-state index contributed by atoms with van der Waals surface area (Å²) >= 11 is 6.13. The minimum absolute atomic E-state index is 0.264. The standard InChI is InChI=1S/C20H29ClN6O/c1-2-23-20(26-16-6-9-27(10-7-16)13-19(22)28)24-8-5-14-12-25-18-4-3-15(21)11-17(14)18/h3-4,11-12,16,25H,2,5-10,13H2,1H3,(H2,22,28)(H2,23,24,26). The number of halogens is 1. The maximum absolute atomic E-state index is 11.1. The average molecular weight is 405 g/mol. The number of fused-ring (bicyclic) bond motifs is 1. The molecule has 3 rings (SSSR count). The zero-order valence-electron chi connectivity index (χ0n) is 16.3. The molecule has 1 fully saturated rings. The summed E-state index contributed by atoms with van der Waals surface area (Å²) in [5.41, 5.74) is 7.59. The molecule has 1 aromatic carbocycles. The molecule has 1 amide bonds. The maximum atomic E-state index is 11.1. The first kappa shape index (κ1) is 20.5. The van der Waals surface area contributed by atoms with E-state index in [1.54, 1.807) is 0 Å². The Labute approximate surface area is 170 Å². The molecule has 5 N–H and O–H groups in total. The molecular formula is C20H29ClN6O. The lowest BCUT2D eigenvalue weighted by molar-refractivity contribution is -0.119. The van der Waals surface area contributed by atoms with Crippen LogP contribution in [0, 0.1) is 0 Å². The van der Waals surface area contributed by atoms with E-state index in [1.807, 2.05) is 24.4 Å². The highest BCUT2D eigenvalue weighted by atomic mass is 35.5. The van der Waals surface area contributed by atoms with Crippen molar-refractivity contribution in [1.82, 2.24) is 20.5 Å². The van der Waals surface area contributed by atoms with E-state index < -0.39 is 0 Å². The van der Waals surface area contributed by atoms with Gasteiger partial charge in [-0.05, 0) is 49.9 Å². The van der Waals surface area contributed by atoms with E-state index in [0.29, 0.717) is 19.1 Å². The molecule has 0 spiro atoms. The first-order valence-corrected chi connectivity index (χ1v) is 10.2. The molecular weight excluding hydrogens is 376 g/mol. The molecule has 8 heteroatoms. The van der Waals surface area contributed by atoms with Gasteiger partial charge in [0.15, 0.2) is 5.96 Å². The largest absolute Gasteiger partial charge is 0.369 e. The second-order valence-corrected chi connectivity index (χ2v) is 7.61. The van der Waals surface area contributed by atoms with Crippen molar-refractivity contribution in [3.8, 4) is 0 Å². The fourth-order valence-electron chi connectivity index (χ4n) is 3.61. The number of carbonyl (C=O) groups excluding carboxylic acids is 1. The highest BCUT2D eigenvalue weighted by molar-refractivity contribution is 6.31. The topological polar surface area (TPSA) is 98.5 Å². The third kappa shape index (κ3) is 5.62. The van der Waals surface area contributed by atoms with Crippen LogP contribution in [0.3, 0.4) is 0 Å². The summed E-state index contributed by atoms with van der Waals surface area (Å²) in [4.78, 5) is 21.2. The quantitative estimate of drug-likeness (QED) is 0.418. The van der Waals surface area contributed by atoms with E-state index in [0.717, 1.165) is 60.8 Å². The Balaban J connectivity index is 1.54. The van der Waals surface area contributed by atoms with Gasteiger partial charge in [0.2, 0.25) is 5.91 Å². The Morgan fingerprint density at radius 1 is 1.39 bits per heavy atom. The Kier molecular flexibility index (Phi) is 7.17. The number of hydrogen-bond acceptors (Lipinski definition) is 3. The molecule has 1 aromatic heterocycles. The van der Waals surface area contributed by atoms with E-state index in [4.69, 9.17) is 22.3 Å². The first-order chi connectivity index (χ1) is 13.5. The van der Waals surface area contributed by atoms with Crippen LogP contribution in [0.25, 0.3) is 10.9 Å². The van der Waals surface area contributed by atoms with Crippen molar-refractivity contribution in [2.75, 3.05) is 32.7 Å². The van der Waals surface area contributed by atoms with E-state index in [1.165, 1.54) is 5.56 Å². The summed E-state index contributed by atoms with van der Waals surface area (Å²) in [7, 11) is 0. The van der Waals surface area contributed by atoms with Crippen LogP contribution in [0.2, 0.25) is 5.02 Å². The second-order valence-electron chi connectivity index (χ2n) is 7.18. The smallest absolute Gasteiger partial charge is 0.231 e. The molecule has 2 aromatic rings. The molecule has 2 heterocycles. The summed E-state index contributed by atoms with van der Waals surface area (Å²) < 4.78 is 0. The molecule has 28 heavy (non-hydrogen) atoms. The third-order valence-corrected chi connectivity index (χ3v) is 5.27. The molecule has 0 aliphatic carbocycles. The van der Waals surface area contributed by atoms with Gasteiger partial charge in [0.1, 0.15) is 0 Å².